The second-order valence-electron chi connectivity index (χ2n) is 3.88. The standard InChI is InChI=1S/C11H15N3/c1-11(2,9-12)14(3)8-10-4-6-13-7-5-10/h4-7H,8H2,1-3H3. The lowest BCUT2D eigenvalue weighted by molar-refractivity contribution is 0.203. The van der Waals surface area contributed by atoms with E-state index in [0.717, 1.165) is 6.54 Å². The van der Waals surface area contributed by atoms with Gasteiger partial charge in [-0.05, 0) is 38.6 Å². The summed E-state index contributed by atoms with van der Waals surface area (Å²) >= 11 is 0. The third-order valence-corrected chi connectivity index (χ3v) is 2.40. The van der Waals surface area contributed by atoms with Gasteiger partial charge in [-0.2, -0.15) is 5.26 Å². The van der Waals surface area contributed by atoms with Gasteiger partial charge >= 0.3 is 0 Å². The van der Waals surface area contributed by atoms with E-state index in [9.17, 15) is 0 Å². The highest BCUT2D eigenvalue weighted by Crippen LogP contribution is 2.13. The highest BCUT2D eigenvalue weighted by molar-refractivity contribution is 5.11. The Morgan fingerprint density at radius 1 is 1.43 bits per heavy atom. The molecule has 0 aromatic carbocycles. The minimum absolute atomic E-state index is 0.427. The monoisotopic (exact) mass is 189 g/mol. The third-order valence-electron chi connectivity index (χ3n) is 2.40. The van der Waals surface area contributed by atoms with Crippen molar-refractivity contribution in [3.05, 3.63) is 30.1 Å². The van der Waals surface area contributed by atoms with Gasteiger partial charge in [-0.15, -0.1) is 0 Å². The summed E-state index contributed by atoms with van der Waals surface area (Å²) < 4.78 is 0. The van der Waals surface area contributed by atoms with Crippen LogP contribution in [0.25, 0.3) is 0 Å². The molecule has 0 spiro atoms. The summed E-state index contributed by atoms with van der Waals surface area (Å²) in [5.74, 6) is 0. The van der Waals surface area contributed by atoms with Gasteiger partial charge < -0.3 is 0 Å². The summed E-state index contributed by atoms with van der Waals surface area (Å²) in [6.45, 7) is 4.59. The van der Waals surface area contributed by atoms with Crippen LogP contribution in [0.5, 0.6) is 0 Å². The second-order valence-corrected chi connectivity index (χ2v) is 3.88. The van der Waals surface area contributed by atoms with Crippen LogP contribution in [0.1, 0.15) is 19.4 Å². The molecule has 74 valence electrons. The maximum Gasteiger partial charge on any atom is 0.103 e. The molecule has 14 heavy (non-hydrogen) atoms. The molecule has 0 saturated heterocycles. The molecule has 0 bridgehead atoms. The van der Waals surface area contributed by atoms with Gasteiger partial charge in [-0.25, -0.2) is 0 Å². The van der Waals surface area contributed by atoms with Crippen molar-refractivity contribution in [2.45, 2.75) is 25.9 Å². The van der Waals surface area contributed by atoms with Crippen molar-refractivity contribution < 1.29 is 0 Å². The van der Waals surface area contributed by atoms with Crippen LogP contribution in [0, 0.1) is 11.3 Å². The molecule has 0 aliphatic carbocycles. The van der Waals surface area contributed by atoms with Gasteiger partial charge in [0.1, 0.15) is 5.54 Å². The van der Waals surface area contributed by atoms with Crippen molar-refractivity contribution in [1.29, 1.82) is 5.26 Å². The van der Waals surface area contributed by atoms with Crippen molar-refractivity contribution in [2.75, 3.05) is 7.05 Å². The quantitative estimate of drug-likeness (QED) is 0.728. The summed E-state index contributed by atoms with van der Waals surface area (Å²) in [6.07, 6.45) is 3.53. The van der Waals surface area contributed by atoms with Gasteiger partial charge in [0, 0.05) is 18.9 Å². The van der Waals surface area contributed by atoms with Crippen LogP contribution >= 0.6 is 0 Å². The molecule has 0 amide bonds. The first-order valence-electron chi connectivity index (χ1n) is 4.57. The van der Waals surface area contributed by atoms with Gasteiger partial charge in [0.25, 0.3) is 0 Å². The van der Waals surface area contributed by atoms with Crippen LogP contribution < -0.4 is 0 Å². The Hall–Kier alpha value is -1.40. The number of rotatable bonds is 3. The van der Waals surface area contributed by atoms with E-state index in [1.165, 1.54) is 5.56 Å². The lowest BCUT2D eigenvalue weighted by Gasteiger charge is -2.28. The fraction of sp³-hybridized carbons (Fsp3) is 0.455. The lowest BCUT2D eigenvalue weighted by Crippen LogP contribution is -2.38. The maximum atomic E-state index is 8.94. The van der Waals surface area contributed by atoms with Gasteiger partial charge in [0.15, 0.2) is 0 Å². The Labute approximate surface area is 85.0 Å². The van der Waals surface area contributed by atoms with Crippen molar-refractivity contribution in [2.24, 2.45) is 0 Å². The van der Waals surface area contributed by atoms with Crippen LogP contribution in [-0.2, 0) is 6.54 Å². The molecule has 0 aliphatic heterocycles. The predicted molar refractivity (Wildman–Crippen MR) is 55.4 cm³/mol. The van der Waals surface area contributed by atoms with Gasteiger partial charge in [-0.3, -0.25) is 9.88 Å². The Morgan fingerprint density at radius 3 is 2.50 bits per heavy atom. The van der Waals surface area contributed by atoms with E-state index >= 15 is 0 Å². The average Bonchev–Trinajstić information content (AvgIpc) is 2.19. The van der Waals surface area contributed by atoms with Crippen molar-refractivity contribution in [3.63, 3.8) is 0 Å². The normalized spacial score (nSPS) is 11.4. The Balaban J connectivity index is 2.68. The maximum absolute atomic E-state index is 8.94. The number of hydrogen-bond donors (Lipinski definition) is 0. The summed E-state index contributed by atoms with van der Waals surface area (Å²) in [7, 11) is 1.95. The fourth-order valence-corrected chi connectivity index (χ4v) is 1.05. The van der Waals surface area contributed by atoms with Gasteiger partial charge in [0.2, 0.25) is 0 Å². The zero-order chi connectivity index (χ0) is 10.6. The molecule has 0 unspecified atom stereocenters. The lowest BCUT2D eigenvalue weighted by atomic mass is 10.1. The molecule has 0 saturated carbocycles. The van der Waals surface area contributed by atoms with Crippen molar-refractivity contribution >= 4 is 0 Å². The smallest absolute Gasteiger partial charge is 0.103 e. The molecule has 3 heteroatoms. The third kappa shape index (κ3) is 2.54. The zero-order valence-electron chi connectivity index (χ0n) is 8.86. The fourth-order valence-electron chi connectivity index (χ4n) is 1.05. The number of nitrogens with zero attached hydrogens (tertiary/aromatic N) is 3. The van der Waals surface area contributed by atoms with E-state index < -0.39 is 5.54 Å². The predicted octanol–water partition coefficient (Wildman–Crippen LogP) is 1.82. The van der Waals surface area contributed by atoms with Crippen molar-refractivity contribution in [1.82, 2.24) is 9.88 Å². The largest absolute Gasteiger partial charge is 0.285 e. The van der Waals surface area contributed by atoms with Crippen LogP contribution in [0.3, 0.4) is 0 Å². The number of nitriles is 1. The second kappa shape index (κ2) is 4.21. The van der Waals surface area contributed by atoms with E-state index in [-0.39, 0.29) is 0 Å². The van der Waals surface area contributed by atoms with E-state index in [1.54, 1.807) is 12.4 Å². The Kier molecular flexibility index (Phi) is 3.21. The molecular formula is C11H15N3. The number of aromatic nitrogens is 1. The Morgan fingerprint density at radius 2 is 2.00 bits per heavy atom. The summed E-state index contributed by atoms with van der Waals surface area (Å²) in [6, 6.07) is 6.20. The molecule has 1 aromatic heterocycles. The first-order valence-corrected chi connectivity index (χ1v) is 4.57. The van der Waals surface area contributed by atoms with Crippen LogP contribution in [-0.4, -0.2) is 22.5 Å². The molecule has 1 heterocycles. The minimum Gasteiger partial charge on any atom is -0.285 e. The molecule has 0 radical (unpaired) electrons. The first-order chi connectivity index (χ1) is 6.56. The molecule has 0 fully saturated rings. The molecule has 3 nitrogen and oxygen atoms in total. The SMILES string of the molecule is CN(Cc1ccncc1)C(C)(C)C#N. The Bertz CT molecular complexity index is 324. The average molecular weight is 189 g/mol. The number of hydrogen-bond acceptors (Lipinski definition) is 3. The van der Waals surface area contributed by atoms with Gasteiger partial charge in [0.05, 0.1) is 6.07 Å². The molecule has 0 aliphatic rings. The zero-order valence-corrected chi connectivity index (χ0v) is 8.86. The van der Waals surface area contributed by atoms with Gasteiger partial charge in [-0.1, -0.05) is 0 Å². The summed E-state index contributed by atoms with van der Waals surface area (Å²) in [5.41, 5.74) is 0.745. The van der Waals surface area contributed by atoms with Crippen LogP contribution in [0.4, 0.5) is 0 Å². The molecule has 1 rings (SSSR count). The van der Waals surface area contributed by atoms with Crippen LogP contribution in [0.15, 0.2) is 24.5 Å². The van der Waals surface area contributed by atoms with Crippen molar-refractivity contribution in [3.8, 4) is 6.07 Å². The molecule has 0 N–H and O–H groups in total. The highest BCUT2D eigenvalue weighted by atomic mass is 15.2. The topological polar surface area (TPSA) is 39.9 Å². The first kappa shape index (κ1) is 10.7. The summed E-state index contributed by atoms with van der Waals surface area (Å²) in [5, 5.41) is 8.94. The molecule has 1 aromatic rings. The molecule has 0 atom stereocenters. The number of pyridine rings is 1. The molecular weight excluding hydrogens is 174 g/mol. The van der Waals surface area contributed by atoms with E-state index in [2.05, 4.69) is 11.1 Å². The summed E-state index contributed by atoms with van der Waals surface area (Å²) in [4.78, 5) is 5.97. The van der Waals surface area contributed by atoms with E-state index in [0.29, 0.717) is 0 Å². The van der Waals surface area contributed by atoms with E-state index in [4.69, 9.17) is 5.26 Å². The minimum atomic E-state index is -0.427. The van der Waals surface area contributed by atoms with Crippen LogP contribution in [0.2, 0.25) is 0 Å². The van der Waals surface area contributed by atoms with E-state index in [1.807, 2.05) is 37.9 Å². The highest BCUT2D eigenvalue weighted by Gasteiger charge is 2.22.